The second-order valence-electron chi connectivity index (χ2n) is 8.79. The van der Waals surface area contributed by atoms with E-state index in [4.69, 9.17) is 4.74 Å². The first-order chi connectivity index (χ1) is 15.7. The summed E-state index contributed by atoms with van der Waals surface area (Å²) in [7, 11) is 1.62. The Morgan fingerprint density at radius 1 is 0.879 bits per heavy atom. The highest BCUT2D eigenvalue weighted by atomic mass is 32.2. The molecule has 172 valence electrons. The lowest BCUT2D eigenvalue weighted by atomic mass is 9.87. The van der Waals surface area contributed by atoms with Crippen molar-refractivity contribution >= 4 is 35.0 Å². The van der Waals surface area contributed by atoms with E-state index in [1.54, 1.807) is 31.4 Å². The molecule has 0 spiro atoms. The number of rotatable bonds is 7. The van der Waals surface area contributed by atoms with E-state index < -0.39 is 0 Å². The average molecular weight is 463 g/mol. The van der Waals surface area contributed by atoms with E-state index in [9.17, 15) is 9.59 Å². The van der Waals surface area contributed by atoms with Crippen LogP contribution in [0.15, 0.2) is 77.7 Å². The molecule has 0 fully saturated rings. The largest absolute Gasteiger partial charge is 0.497 e. The predicted octanol–water partition coefficient (Wildman–Crippen LogP) is 6.36. The Morgan fingerprint density at radius 2 is 1.48 bits per heavy atom. The molecule has 0 radical (unpaired) electrons. The third-order valence-corrected chi connectivity index (χ3v) is 6.25. The molecule has 2 N–H and O–H groups in total. The molecule has 0 saturated carbocycles. The van der Waals surface area contributed by atoms with E-state index in [1.165, 1.54) is 17.3 Å². The van der Waals surface area contributed by atoms with Crippen LogP contribution < -0.4 is 15.4 Å². The molecule has 0 saturated heterocycles. The van der Waals surface area contributed by atoms with Crippen molar-refractivity contribution in [1.29, 1.82) is 0 Å². The van der Waals surface area contributed by atoms with Gasteiger partial charge in [0.25, 0.3) is 5.91 Å². The van der Waals surface area contributed by atoms with E-state index in [1.807, 2.05) is 55.5 Å². The van der Waals surface area contributed by atoms with Crippen molar-refractivity contribution in [2.75, 3.05) is 17.7 Å². The zero-order valence-corrected chi connectivity index (χ0v) is 20.5. The average Bonchev–Trinajstić information content (AvgIpc) is 2.79. The maximum absolute atomic E-state index is 12.7. The number of benzene rings is 3. The van der Waals surface area contributed by atoms with Gasteiger partial charge in [-0.1, -0.05) is 39.0 Å². The Kier molecular flexibility index (Phi) is 7.82. The van der Waals surface area contributed by atoms with Crippen LogP contribution in [0.1, 0.15) is 43.6 Å². The fourth-order valence-corrected chi connectivity index (χ4v) is 4.02. The second kappa shape index (κ2) is 10.6. The fourth-order valence-electron chi connectivity index (χ4n) is 3.16. The van der Waals surface area contributed by atoms with E-state index >= 15 is 0 Å². The van der Waals surface area contributed by atoms with Gasteiger partial charge < -0.3 is 15.4 Å². The van der Waals surface area contributed by atoms with Gasteiger partial charge in [-0.25, -0.2) is 0 Å². The molecule has 5 nitrogen and oxygen atoms in total. The highest BCUT2D eigenvalue weighted by Gasteiger charge is 2.16. The van der Waals surface area contributed by atoms with Gasteiger partial charge in [0, 0.05) is 21.8 Å². The van der Waals surface area contributed by atoms with Gasteiger partial charge in [0.1, 0.15) is 5.75 Å². The molecular weight excluding hydrogens is 432 g/mol. The molecular formula is C27H30N2O3S. The molecule has 33 heavy (non-hydrogen) atoms. The van der Waals surface area contributed by atoms with Crippen molar-refractivity contribution in [2.45, 2.75) is 43.3 Å². The molecule has 2 amide bonds. The first kappa shape index (κ1) is 24.4. The van der Waals surface area contributed by atoms with Crippen LogP contribution >= 0.6 is 11.8 Å². The van der Waals surface area contributed by atoms with E-state index in [0.29, 0.717) is 16.9 Å². The van der Waals surface area contributed by atoms with E-state index in [0.717, 1.165) is 10.6 Å². The number of methoxy groups -OCH3 is 1. The van der Waals surface area contributed by atoms with Crippen LogP contribution in [0.5, 0.6) is 5.75 Å². The minimum absolute atomic E-state index is 0.0321. The summed E-state index contributed by atoms with van der Waals surface area (Å²) in [4.78, 5) is 26.3. The topological polar surface area (TPSA) is 67.4 Å². The van der Waals surface area contributed by atoms with Crippen LogP contribution in [0.3, 0.4) is 0 Å². The van der Waals surface area contributed by atoms with E-state index in [2.05, 4.69) is 31.4 Å². The van der Waals surface area contributed by atoms with Gasteiger partial charge in [0.15, 0.2) is 0 Å². The highest BCUT2D eigenvalue weighted by molar-refractivity contribution is 8.00. The Morgan fingerprint density at radius 3 is 2.06 bits per heavy atom. The van der Waals surface area contributed by atoms with Gasteiger partial charge in [-0.3, -0.25) is 9.59 Å². The van der Waals surface area contributed by atoms with Crippen molar-refractivity contribution in [3.63, 3.8) is 0 Å². The lowest BCUT2D eigenvalue weighted by Crippen LogP contribution is -2.22. The summed E-state index contributed by atoms with van der Waals surface area (Å²) in [6.45, 7) is 8.27. The molecule has 3 rings (SSSR count). The summed E-state index contributed by atoms with van der Waals surface area (Å²) in [6, 6.07) is 22.4. The third-order valence-electron chi connectivity index (χ3n) is 5.14. The molecule has 0 heterocycles. The molecule has 3 aromatic rings. The number of thioether (sulfide) groups is 1. The summed E-state index contributed by atoms with van der Waals surface area (Å²) >= 11 is 1.47. The number of amides is 2. The SMILES string of the molecule is COc1ccc(S[C@H](C)C(=O)Nc2cccc(NC(=O)c3ccc(C(C)(C)C)cc3)c2)cc1. The van der Waals surface area contributed by atoms with Gasteiger partial charge in [0.05, 0.1) is 12.4 Å². The number of hydrogen-bond donors (Lipinski definition) is 2. The van der Waals surface area contributed by atoms with Crippen molar-refractivity contribution < 1.29 is 14.3 Å². The van der Waals surface area contributed by atoms with Crippen LogP contribution in [-0.4, -0.2) is 24.2 Å². The smallest absolute Gasteiger partial charge is 0.255 e. The number of carbonyl (C=O) groups is 2. The van der Waals surface area contributed by atoms with E-state index in [-0.39, 0.29) is 22.5 Å². The van der Waals surface area contributed by atoms with Crippen molar-refractivity contribution in [3.05, 3.63) is 83.9 Å². The minimum Gasteiger partial charge on any atom is -0.497 e. The maximum Gasteiger partial charge on any atom is 0.255 e. The number of ether oxygens (including phenoxy) is 1. The van der Waals surface area contributed by atoms with Crippen molar-refractivity contribution in [2.24, 2.45) is 0 Å². The first-order valence-electron chi connectivity index (χ1n) is 10.8. The van der Waals surface area contributed by atoms with Gasteiger partial charge in [-0.2, -0.15) is 0 Å². The zero-order chi connectivity index (χ0) is 24.0. The Bertz CT molecular complexity index is 1100. The first-order valence-corrected chi connectivity index (χ1v) is 11.7. The molecule has 3 aromatic carbocycles. The quantitative estimate of drug-likeness (QED) is 0.401. The lowest BCUT2D eigenvalue weighted by Gasteiger charge is -2.19. The molecule has 6 heteroatoms. The van der Waals surface area contributed by atoms with Gasteiger partial charge in [0.2, 0.25) is 5.91 Å². The fraction of sp³-hybridized carbons (Fsp3) is 0.259. The lowest BCUT2D eigenvalue weighted by molar-refractivity contribution is -0.115. The number of carbonyl (C=O) groups excluding carboxylic acids is 2. The van der Waals surface area contributed by atoms with Crippen LogP contribution in [0, 0.1) is 0 Å². The highest BCUT2D eigenvalue weighted by Crippen LogP contribution is 2.27. The third kappa shape index (κ3) is 6.86. The van der Waals surface area contributed by atoms with Crippen LogP contribution in [0.4, 0.5) is 11.4 Å². The molecule has 0 aromatic heterocycles. The van der Waals surface area contributed by atoms with Crippen molar-refractivity contribution in [1.82, 2.24) is 0 Å². The molecule has 1 atom stereocenters. The number of nitrogens with one attached hydrogen (secondary N) is 2. The van der Waals surface area contributed by atoms with Crippen LogP contribution in [-0.2, 0) is 10.2 Å². The molecule has 0 aliphatic carbocycles. The van der Waals surface area contributed by atoms with Crippen molar-refractivity contribution in [3.8, 4) is 5.75 Å². The monoisotopic (exact) mass is 462 g/mol. The normalized spacial score (nSPS) is 12.0. The summed E-state index contributed by atoms with van der Waals surface area (Å²) in [5.74, 6) is 0.472. The Balaban J connectivity index is 1.60. The Hall–Kier alpha value is -3.25. The summed E-state index contributed by atoms with van der Waals surface area (Å²) in [5, 5.41) is 5.54. The zero-order valence-electron chi connectivity index (χ0n) is 19.6. The molecule has 0 unspecified atom stereocenters. The summed E-state index contributed by atoms with van der Waals surface area (Å²) < 4.78 is 5.17. The Labute approximate surface area is 199 Å². The van der Waals surface area contributed by atoms with Crippen LogP contribution in [0.2, 0.25) is 0 Å². The number of anilines is 2. The summed E-state index contributed by atoms with van der Waals surface area (Å²) in [6.07, 6.45) is 0. The van der Waals surface area contributed by atoms with Gasteiger partial charge >= 0.3 is 0 Å². The maximum atomic E-state index is 12.7. The van der Waals surface area contributed by atoms with Gasteiger partial charge in [-0.05, 0) is 72.5 Å². The minimum atomic E-state index is -0.294. The standard InChI is InChI=1S/C27H30N2O3S/c1-18(33-24-15-13-23(32-5)14-16-24)25(30)28-21-7-6-8-22(17-21)29-26(31)19-9-11-20(12-10-19)27(2,3)4/h6-18H,1-5H3,(H,28,30)(H,29,31)/t18-/m1/s1. The summed E-state index contributed by atoms with van der Waals surface area (Å²) in [5.41, 5.74) is 3.04. The molecule has 0 bridgehead atoms. The molecule has 0 aliphatic heterocycles. The molecule has 0 aliphatic rings. The van der Waals surface area contributed by atoms with Crippen LogP contribution in [0.25, 0.3) is 0 Å². The second-order valence-corrected chi connectivity index (χ2v) is 10.2. The van der Waals surface area contributed by atoms with Gasteiger partial charge in [-0.15, -0.1) is 11.8 Å². The number of hydrogen-bond acceptors (Lipinski definition) is 4. The predicted molar refractivity (Wildman–Crippen MR) is 136 cm³/mol.